The average Bonchev–Trinajstić information content (AvgIpc) is 2.15. The quantitative estimate of drug-likeness (QED) is 0.598. The molecule has 1 rings (SSSR count). The first-order valence-electron chi connectivity index (χ1n) is 5.22. The second-order valence-corrected chi connectivity index (χ2v) is 3.55. The minimum Gasteiger partial charge on any atom is -0.489 e. The van der Waals surface area contributed by atoms with Crippen molar-refractivity contribution in [3.63, 3.8) is 0 Å². The van der Waals surface area contributed by atoms with E-state index in [2.05, 4.69) is 6.07 Å². The van der Waals surface area contributed by atoms with E-state index in [-0.39, 0.29) is 0 Å². The molecule has 0 aliphatic carbocycles. The topological polar surface area (TPSA) is 44.5 Å². The molecule has 0 spiro atoms. The van der Waals surface area contributed by atoms with E-state index < -0.39 is 0 Å². The molecule has 0 aliphatic heterocycles. The van der Waals surface area contributed by atoms with Gasteiger partial charge in [-0.2, -0.15) is 0 Å². The molecular formula is C12H19NO2. The highest BCUT2D eigenvalue weighted by Gasteiger charge is 2.05. The van der Waals surface area contributed by atoms with Gasteiger partial charge in [0.25, 0.3) is 0 Å². The predicted molar refractivity (Wildman–Crippen MR) is 62.3 cm³/mol. The number of nitrogen functional groups attached to an aromatic ring is 1. The van der Waals surface area contributed by atoms with Crippen molar-refractivity contribution in [1.29, 1.82) is 0 Å². The van der Waals surface area contributed by atoms with Crippen molar-refractivity contribution in [2.24, 2.45) is 0 Å². The Hall–Kier alpha value is -1.22. The summed E-state index contributed by atoms with van der Waals surface area (Å²) in [7, 11) is 0. The van der Waals surface area contributed by atoms with E-state index in [1.807, 2.05) is 26.8 Å². The first-order chi connectivity index (χ1) is 7.15. The first-order valence-corrected chi connectivity index (χ1v) is 5.22. The SMILES string of the molecule is CCOCCOc1c(C)cc(C)cc1N. The van der Waals surface area contributed by atoms with Crippen LogP contribution in [0, 0.1) is 13.8 Å². The van der Waals surface area contributed by atoms with E-state index in [1.54, 1.807) is 0 Å². The summed E-state index contributed by atoms with van der Waals surface area (Å²) in [5.41, 5.74) is 8.80. The van der Waals surface area contributed by atoms with Gasteiger partial charge in [0.2, 0.25) is 0 Å². The Morgan fingerprint density at radius 3 is 2.53 bits per heavy atom. The van der Waals surface area contributed by atoms with Crippen LogP contribution in [0.4, 0.5) is 5.69 Å². The predicted octanol–water partition coefficient (Wildman–Crippen LogP) is 2.30. The van der Waals surface area contributed by atoms with Gasteiger partial charge in [0.1, 0.15) is 12.4 Å². The standard InChI is InChI=1S/C12H19NO2/c1-4-14-5-6-15-12-10(3)7-9(2)8-11(12)13/h7-8H,4-6,13H2,1-3H3. The zero-order valence-corrected chi connectivity index (χ0v) is 9.67. The summed E-state index contributed by atoms with van der Waals surface area (Å²) in [6, 6.07) is 3.98. The first kappa shape index (κ1) is 11.9. The summed E-state index contributed by atoms with van der Waals surface area (Å²) in [6.07, 6.45) is 0. The van der Waals surface area contributed by atoms with Crippen molar-refractivity contribution in [2.75, 3.05) is 25.6 Å². The Labute approximate surface area is 91.2 Å². The third-order valence-corrected chi connectivity index (χ3v) is 2.13. The summed E-state index contributed by atoms with van der Waals surface area (Å²) < 4.78 is 10.8. The molecular weight excluding hydrogens is 190 g/mol. The van der Waals surface area contributed by atoms with E-state index >= 15 is 0 Å². The lowest BCUT2D eigenvalue weighted by Gasteiger charge is -2.12. The van der Waals surface area contributed by atoms with Gasteiger partial charge in [0, 0.05) is 6.61 Å². The number of hydrogen-bond acceptors (Lipinski definition) is 3. The zero-order chi connectivity index (χ0) is 11.3. The Balaban J connectivity index is 2.60. The molecule has 0 heterocycles. The lowest BCUT2D eigenvalue weighted by Crippen LogP contribution is -2.08. The summed E-state index contributed by atoms with van der Waals surface area (Å²) in [6.45, 7) is 7.84. The second kappa shape index (κ2) is 5.61. The van der Waals surface area contributed by atoms with Crippen LogP contribution in [0.3, 0.4) is 0 Å². The Morgan fingerprint density at radius 2 is 1.93 bits per heavy atom. The van der Waals surface area contributed by atoms with Gasteiger partial charge in [0.15, 0.2) is 0 Å². The van der Waals surface area contributed by atoms with E-state index in [0.29, 0.717) is 25.5 Å². The number of aryl methyl sites for hydroxylation is 2. The van der Waals surface area contributed by atoms with Gasteiger partial charge >= 0.3 is 0 Å². The summed E-state index contributed by atoms with van der Waals surface area (Å²) in [5.74, 6) is 0.778. The molecule has 84 valence electrons. The molecule has 1 aromatic rings. The van der Waals surface area contributed by atoms with Crippen molar-refractivity contribution >= 4 is 5.69 Å². The van der Waals surface area contributed by atoms with Crippen molar-refractivity contribution in [3.05, 3.63) is 23.3 Å². The minimum absolute atomic E-state index is 0.544. The Morgan fingerprint density at radius 1 is 1.20 bits per heavy atom. The molecule has 3 nitrogen and oxygen atoms in total. The van der Waals surface area contributed by atoms with Crippen LogP contribution in [0.15, 0.2) is 12.1 Å². The molecule has 1 aromatic carbocycles. The van der Waals surface area contributed by atoms with Gasteiger partial charge in [-0.25, -0.2) is 0 Å². The lowest BCUT2D eigenvalue weighted by molar-refractivity contribution is 0.110. The molecule has 0 radical (unpaired) electrons. The summed E-state index contributed by atoms with van der Waals surface area (Å²) in [4.78, 5) is 0. The number of benzene rings is 1. The smallest absolute Gasteiger partial charge is 0.145 e. The van der Waals surface area contributed by atoms with Crippen molar-refractivity contribution in [3.8, 4) is 5.75 Å². The largest absolute Gasteiger partial charge is 0.489 e. The zero-order valence-electron chi connectivity index (χ0n) is 9.67. The van der Waals surface area contributed by atoms with Crippen LogP contribution in [0.2, 0.25) is 0 Å². The Kier molecular flexibility index (Phi) is 4.43. The number of hydrogen-bond donors (Lipinski definition) is 1. The molecule has 0 unspecified atom stereocenters. The fourth-order valence-electron chi connectivity index (χ4n) is 1.53. The molecule has 0 saturated heterocycles. The number of anilines is 1. The molecule has 2 N–H and O–H groups in total. The highest BCUT2D eigenvalue weighted by atomic mass is 16.5. The normalized spacial score (nSPS) is 10.3. The highest BCUT2D eigenvalue weighted by molar-refractivity contribution is 5.58. The van der Waals surface area contributed by atoms with Gasteiger partial charge in [-0.15, -0.1) is 0 Å². The summed E-state index contributed by atoms with van der Waals surface area (Å²) in [5, 5.41) is 0. The van der Waals surface area contributed by atoms with Crippen LogP contribution in [0.1, 0.15) is 18.1 Å². The van der Waals surface area contributed by atoms with Crippen LogP contribution in [-0.4, -0.2) is 19.8 Å². The van der Waals surface area contributed by atoms with E-state index in [9.17, 15) is 0 Å². The number of rotatable bonds is 5. The maximum atomic E-state index is 5.87. The van der Waals surface area contributed by atoms with Crippen molar-refractivity contribution in [1.82, 2.24) is 0 Å². The monoisotopic (exact) mass is 209 g/mol. The lowest BCUT2D eigenvalue weighted by atomic mass is 10.1. The molecule has 0 aliphatic rings. The third-order valence-electron chi connectivity index (χ3n) is 2.13. The maximum absolute atomic E-state index is 5.87. The molecule has 0 fully saturated rings. The van der Waals surface area contributed by atoms with Crippen LogP contribution >= 0.6 is 0 Å². The van der Waals surface area contributed by atoms with Crippen LogP contribution in [0.5, 0.6) is 5.75 Å². The van der Waals surface area contributed by atoms with Crippen molar-refractivity contribution in [2.45, 2.75) is 20.8 Å². The van der Waals surface area contributed by atoms with Crippen LogP contribution < -0.4 is 10.5 Å². The van der Waals surface area contributed by atoms with Gasteiger partial charge in [-0.05, 0) is 38.0 Å². The minimum atomic E-state index is 0.544. The molecule has 0 aromatic heterocycles. The van der Waals surface area contributed by atoms with Gasteiger partial charge < -0.3 is 15.2 Å². The molecule has 15 heavy (non-hydrogen) atoms. The second-order valence-electron chi connectivity index (χ2n) is 3.55. The number of nitrogens with two attached hydrogens (primary N) is 1. The van der Waals surface area contributed by atoms with E-state index in [4.69, 9.17) is 15.2 Å². The molecule has 0 amide bonds. The fourth-order valence-corrected chi connectivity index (χ4v) is 1.53. The average molecular weight is 209 g/mol. The molecule has 3 heteroatoms. The maximum Gasteiger partial charge on any atom is 0.145 e. The molecule has 0 atom stereocenters. The summed E-state index contributed by atoms with van der Waals surface area (Å²) >= 11 is 0. The molecule has 0 bridgehead atoms. The van der Waals surface area contributed by atoms with Gasteiger partial charge in [-0.1, -0.05) is 6.07 Å². The Bertz CT molecular complexity index is 300. The highest BCUT2D eigenvalue weighted by Crippen LogP contribution is 2.27. The van der Waals surface area contributed by atoms with Crippen LogP contribution in [0.25, 0.3) is 0 Å². The number of ether oxygens (including phenoxy) is 2. The van der Waals surface area contributed by atoms with Crippen molar-refractivity contribution < 1.29 is 9.47 Å². The third kappa shape index (κ3) is 3.44. The fraction of sp³-hybridized carbons (Fsp3) is 0.500. The van der Waals surface area contributed by atoms with Gasteiger partial charge in [0.05, 0.1) is 12.3 Å². The molecule has 0 saturated carbocycles. The van der Waals surface area contributed by atoms with Crippen LogP contribution in [-0.2, 0) is 4.74 Å². The van der Waals surface area contributed by atoms with Gasteiger partial charge in [-0.3, -0.25) is 0 Å². The van der Waals surface area contributed by atoms with E-state index in [0.717, 1.165) is 16.9 Å². The van der Waals surface area contributed by atoms with E-state index in [1.165, 1.54) is 0 Å².